The molecule has 0 saturated heterocycles. The molecule has 0 atom stereocenters. The van der Waals surface area contributed by atoms with E-state index in [-0.39, 0.29) is 5.97 Å². The summed E-state index contributed by atoms with van der Waals surface area (Å²) in [4.78, 5) is 11.9. The highest BCUT2D eigenvalue weighted by atomic mass is 16.5. The molecular formula is C36H70O2. The molecule has 0 spiro atoms. The summed E-state index contributed by atoms with van der Waals surface area (Å²) in [7, 11) is 0. The fraction of sp³-hybridized carbons (Fsp3) is 0.917. The average molecular weight is 535 g/mol. The van der Waals surface area contributed by atoms with E-state index in [0.717, 1.165) is 12.8 Å². The third kappa shape index (κ3) is 33.2. The van der Waals surface area contributed by atoms with E-state index in [2.05, 4.69) is 26.0 Å². The second-order valence-electron chi connectivity index (χ2n) is 11.9. The van der Waals surface area contributed by atoms with Gasteiger partial charge in [-0.05, 0) is 38.5 Å². The van der Waals surface area contributed by atoms with E-state index < -0.39 is 0 Å². The Bertz CT molecular complexity index is 470. The van der Waals surface area contributed by atoms with Gasteiger partial charge in [0.25, 0.3) is 0 Å². The number of carbonyl (C=O) groups is 1. The van der Waals surface area contributed by atoms with Crippen molar-refractivity contribution in [3.63, 3.8) is 0 Å². The first kappa shape index (κ1) is 37.2. The highest BCUT2D eigenvalue weighted by Gasteiger charge is 2.02. The molecule has 0 aromatic rings. The Balaban J connectivity index is 3.17. The molecule has 2 heteroatoms. The zero-order chi connectivity index (χ0) is 27.6. The lowest BCUT2D eigenvalue weighted by Crippen LogP contribution is -2.05. The van der Waals surface area contributed by atoms with Crippen molar-refractivity contribution >= 4 is 5.97 Å². The number of allylic oxidation sites excluding steroid dienone is 2. The molecule has 0 fully saturated rings. The smallest absolute Gasteiger partial charge is 0.305 e. The van der Waals surface area contributed by atoms with Crippen LogP contribution in [0.1, 0.15) is 206 Å². The molecule has 0 saturated carbocycles. The number of esters is 1. The number of unbranched alkanes of at least 4 members (excludes halogenated alkanes) is 26. The summed E-state index contributed by atoms with van der Waals surface area (Å²) in [6.07, 6.45) is 44.1. The van der Waals surface area contributed by atoms with Gasteiger partial charge in [0.1, 0.15) is 0 Å². The van der Waals surface area contributed by atoms with Crippen molar-refractivity contribution in [2.24, 2.45) is 0 Å². The predicted octanol–water partition coefficient (Wildman–Crippen LogP) is 12.8. The maximum Gasteiger partial charge on any atom is 0.305 e. The Kier molecular flexibility index (Phi) is 33.5. The molecule has 0 rings (SSSR count). The van der Waals surface area contributed by atoms with Crippen LogP contribution in [0.4, 0.5) is 0 Å². The molecule has 0 aromatic heterocycles. The summed E-state index contributed by atoms with van der Waals surface area (Å²) in [6.45, 7) is 5.19. The second kappa shape index (κ2) is 34.2. The number of ether oxygens (including phenoxy) is 1. The highest BCUT2D eigenvalue weighted by Crippen LogP contribution is 2.14. The first-order valence-corrected chi connectivity index (χ1v) is 17.6. The van der Waals surface area contributed by atoms with Crippen molar-refractivity contribution in [3.8, 4) is 0 Å². The fourth-order valence-electron chi connectivity index (χ4n) is 5.25. The summed E-state index contributed by atoms with van der Waals surface area (Å²) in [6, 6.07) is 0. The molecule has 2 nitrogen and oxygen atoms in total. The number of hydrogen-bond acceptors (Lipinski definition) is 2. The topological polar surface area (TPSA) is 26.3 Å². The van der Waals surface area contributed by atoms with Gasteiger partial charge in [0, 0.05) is 6.42 Å². The number of carbonyl (C=O) groups excluding carboxylic acids is 1. The monoisotopic (exact) mass is 535 g/mol. The molecule has 0 amide bonds. The molecule has 0 unspecified atom stereocenters. The van der Waals surface area contributed by atoms with Gasteiger partial charge >= 0.3 is 5.97 Å². The first-order chi connectivity index (χ1) is 18.8. The lowest BCUT2D eigenvalue weighted by Gasteiger charge is -2.06. The molecule has 38 heavy (non-hydrogen) atoms. The van der Waals surface area contributed by atoms with Crippen LogP contribution in [0.15, 0.2) is 12.2 Å². The van der Waals surface area contributed by atoms with Crippen molar-refractivity contribution in [3.05, 3.63) is 12.2 Å². The standard InChI is InChI=1S/C36H70O2/c1-3-5-7-9-11-13-15-17-19-21-23-25-27-29-31-33-35-38-36(37)34-32-30-28-26-24-22-20-18-16-14-12-10-8-6-4-2/h14,16H,3-13,15,17-35H2,1-2H3/b16-14+. The summed E-state index contributed by atoms with van der Waals surface area (Å²) in [5.74, 6) is 0.0208. The Labute approximate surface area is 240 Å². The predicted molar refractivity (Wildman–Crippen MR) is 170 cm³/mol. The van der Waals surface area contributed by atoms with Crippen LogP contribution in [0.2, 0.25) is 0 Å². The molecule has 0 aromatic carbocycles. The van der Waals surface area contributed by atoms with Gasteiger partial charge in [-0.3, -0.25) is 4.79 Å². The van der Waals surface area contributed by atoms with E-state index >= 15 is 0 Å². The molecule has 0 radical (unpaired) electrons. The van der Waals surface area contributed by atoms with Gasteiger partial charge in [-0.25, -0.2) is 0 Å². The Morgan fingerprint density at radius 1 is 0.421 bits per heavy atom. The van der Waals surface area contributed by atoms with E-state index in [0.29, 0.717) is 13.0 Å². The van der Waals surface area contributed by atoms with Gasteiger partial charge < -0.3 is 4.74 Å². The van der Waals surface area contributed by atoms with Gasteiger partial charge in [-0.15, -0.1) is 0 Å². The van der Waals surface area contributed by atoms with Gasteiger partial charge in [0.2, 0.25) is 0 Å². The molecule has 0 aliphatic rings. The van der Waals surface area contributed by atoms with Gasteiger partial charge in [0.05, 0.1) is 6.61 Å². The van der Waals surface area contributed by atoms with Crippen LogP contribution in [0.5, 0.6) is 0 Å². The first-order valence-electron chi connectivity index (χ1n) is 17.6. The summed E-state index contributed by atoms with van der Waals surface area (Å²) < 4.78 is 5.43. The minimum Gasteiger partial charge on any atom is -0.466 e. The Morgan fingerprint density at radius 2 is 0.737 bits per heavy atom. The zero-order valence-electron chi connectivity index (χ0n) is 26.4. The SMILES string of the molecule is CCCCCC/C=C/CCCCCCCCCC(=O)OCCCCCCCCCCCCCCCCCC. The fourth-order valence-corrected chi connectivity index (χ4v) is 5.25. The minimum atomic E-state index is 0.0208. The van der Waals surface area contributed by atoms with Gasteiger partial charge in [-0.1, -0.05) is 174 Å². The highest BCUT2D eigenvalue weighted by molar-refractivity contribution is 5.69. The van der Waals surface area contributed by atoms with Crippen molar-refractivity contribution in [1.82, 2.24) is 0 Å². The van der Waals surface area contributed by atoms with Gasteiger partial charge in [0.15, 0.2) is 0 Å². The molecule has 0 aliphatic heterocycles. The van der Waals surface area contributed by atoms with Crippen molar-refractivity contribution in [2.45, 2.75) is 206 Å². The molecular weight excluding hydrogens is 464 g/mol. The Morgan fingerprint density at radius 3 is 1.16 bits per heavy atom. The number of rotatable bonds is 32. The van der Waals surface area contributed by atoms with Crippen molar-refractivity contribution < 1.29 is 9.53 Å². The summed E-state index contributed by atoms with van der Waals surface area (Å²) in [5, 5.41) is 0. The molecule has 0 bridgehead atoms. The quantitative estimate of drug-likeness (QED) is 0.0487. The molecule has 226 valence electrons. The average Bonchev–Trinajstić information content (AvgIpc) is 2.92. The van der Waals surface area contributed by atoms with Crippen LogP contribution in [0, 0.1) is 0 Å². The van der Waals surface area contributed by atoms with E-state index in [1.54, 1.807) is 0 Å². The van der Waals surface area contributed by atoms with Crippen LogP contribution in [0.25, 0.3) is 0 Å². The largest absolute Gasteiger partial charge is 0.466 e. The molecule has 0 N–H and O–H groups in total. The molecule has 0 aliphatic carbocycles. The molecule has 0 heterocycles. The third-order valence-electron chi connectivity index (χ3n) is 7.90. The lowest BCUT2D eigenvalue weighted by atomic mass is 10.0. The Hall–Kier alpha value is -0.790. The van der Waals surface area contributed by atoms with E-state index in [1.807, 2.05) is 0 Å². The number of hydrogen-bond donors (Lipinski definition) is 0. The normalized spacial score (nSPS) is 11.5. The van der Waals surface area contributed by atoms with Crippen LogP contribution in [-0.4, -0.2) is 12.6 Å². The van der Waals surface area contributed by atoms with E-state index in [9.17, 15) is 4.79 Å². The van der Waals surface area contributed by atoms with E-state index in [1.165, 1.54) is 173 Å². The summed E-state index contributed by atoms with van der Waals surface area (Å²) >= 11 is 0. The van der Waals surface area contributed by atoms with Crippen molar-refractivity contribution in [2.75, 3.05) is 6.61 Å². The van der Waals surface area contributed by atoms with Crippen molar-refractivity contribution in [1.29, 1.82) is 0 Å². The van der Waals surface area contributed by atoms with E-state index in [4.69, 9.17) is 4.74 Å². The van der Waals surface area contributed by atoms with Gasteiger partial charge in [-0.2, -0.15) is 0 Å². The van der Waals surface area contributed by atoms with Crippen LogP contribution < -0.4 is 0 Å². The summed E-state index contributed by atoms with van der Waals surface area (Å²) in [5.41, 5.74) is 0. The van der Waals surface area contributed by atoms with Crippen LogP contribution in [0.3, 0.4) is 0 Å². The zero-order valence-corrected chi connectivity index (χ0v) is 26.4. The van der Waals surface area contributed by atoms with Crippen LogP contribution in [-0.2, 0) is 9.53 Å². The van der Waals surface area contributed by atoms with Crippen LogP contribution >= 0.6 is 0 Å². The third-order valence-corrected chi connectivity index (χ3v) is 7.90. The lowest BCUT2D eigenvalue weighted by molar-refractivity contribution is -0.143. The second-order valence-corrected chi connectivity index (χ2v) is 11.9. The maximum absolute atomic E-state index is 11.9. The maximum atomic E-state index is 11.9. The minimum absolute atomic E-state index is 0.0208.